The summed E-state index contributed by atoms with van der Waals surface area (Å²) in [6.07, 6.45) is 1.10. The molecule has 0 N–H and O–H groups in total. The molecular weight excluding hydrogens is 202 g/mol. The predicted molar refractivity (Wildman–Crippen MR) is 59.7 cm³/mol. The van der Waals surface area contributed by atoms with Crippen molar-refractivity contribution in [2.45, 2.75) is 13.0 Å². The topological polar surface area (TPSA) is 42.2 Å². The zero-order valence-corrected chi connectivity index (χ0v) is 9.19. The molecule has 0 amide bonds. The standard InChI is InChI=1S/C13H15NO2/c14-7-11-2-1-3-12(6-11)8-16-10-13-4-5-15-9-13/h1-3,6,13H,4-5,8-10H2. The van der Waals surface area contributed by atoms with Gasteiger partial charge in [-0.3, -0.25) is 0 Å². The highest BCUT2D eigenvalue weighted by molar-refractivity contribution is 5.32. The first kappa shape index (κ1) is 11.1. The Morgan fingerprint density at radius 1 is 1.50 bits per heavy atom. The Morgan fingerprint density at radius 2 is 2.44 bits per heavy atom. The number of benzene rings is 1. The van der Waals surface area contributed by atoms with E-state index in [4.69, 9.17) is 14.7 Å². The van der Waals surface area contributed by atoms with Crippen LogP contribution in [0, 0.1) is 17.2 Å². The predicted octanol–water partition coefficient (Wildman–Crippen LogP) is 2.11. The first-order valence-corrected chi connectivity index (χ1v) is 5.53. The molecule has 1 aliphatic rings. The monoisotopic (exact) mass is 217 g/mol. The zero-order chi connectivity index (χ0) is 11.2. The summed E-state index contributed by atoms with van der Waals surface area (Å²) in [4.78, 5) is 0. The summed E-state index contributed by atoms with van der Waals surface area (Å²) in [6, 6.07) is 9.65. The molecule has 1 fully saturated rings. The van der Waals surface area contributed by atoms with E-state index < -0.39 is 0 Å². The second-order valence-electron chi connectivity index (χ2n) is 4.06. The molecule has 0 aliphatic carbocycles. The summed E-state index contributed by atoms with van der Waals surface area (Å²) in [5.41, 5.74) is 1.74. The third kappa shape index (κ3) is 3.06. The van der Waals surface area contributed by atoms with Gasteiger partial charge < -0.3 is 9.47 Å². The lowest BCUT2D eigenvalue weighted by Gasteiger charge is -2.08. The van der Waals surface area contributed by atoms with E-state index in [1.807, 2.05) is 18.2 Å². The van der Waals surface area contributed by atoms with Crippen molar-refractivity contribution < 1.29 is 9.47 Å². The van der Waals surface area contributed by atoms with Crippen LogP contribution >= 0.6 is 0 Å². The molecule has 1 aromatic rings. The Kier molecular flexibility index (Phi) is 3.92. The lowest BCUT2D eigenvalue weighted by Crippen LogP contribution is -2.09. The van der Waals surface area contributed by atoms with Gasteiger partial charge in [-0.05, 0) is 24.1 Å². The first-order chi connectivity index (χ1) is 7.88. The van der Waals surface area contributed by atoms with E-state index in [2.05, 4.69) is 6.07 Å². The Hall–Kier alpha value is -1.37. The van der Waals surface area contributed by atoms with Gasteiger partial charge in [0.1, 0.15) is 0 Å². The van der Waals surface area contributed by atoms with Gasteiger partial charge in [-0.15, -0.1) is 0 Å². The normalized spacial score (nSPS) is 19.6. The zero-order valence-electron chi connectivity index (χ0n) is 9.19. The Bertz CT molecular complexity index is 378. The molecule has 0 spiro atoms. The molecule has 16 heavy (non-hydrogen) atoms. The Morgan fingerprint density at radius 3 is 3.19 bits per heavy atom. The van der Waals surface area contributed by atoms with Crippen LogP contribution in [0.15, 0.2) is 24.3 Å². The van der Waals surface area contributed by atoms with Gasteiger partial charge in [0, 0.05) is 12.5 Å². The van der Waals surface area contributed by atoms with Crippen molar-refractivity contribution in [1.82, 2.24) is 0 Å². The second kappa shape index (κ2) is 5.64. The fourth-order valence-corrected chi connectivity index (χ4v) is 1.79. The molecule has 1 saturated heterocycles. The molecule has 0 radical (unpaired) electrons. The lowest BCUT2D eigenvalue weighted by molar-refractivity contribution is 0.0791. The quantitative estimate of drug-likeness (QED) is 0.775. The number of hydrogen-bond donors (Lipinski definition) is 0. The minimum absolute atomic E-state index is 0.541. The van der Waals surface area contributed by atoms with Crippen molar-refractivity contribution in [2.24, 2.45) is 5.92 Å². The van der Waals surface area contributed by atoms with Crippen molar-refractivity contribution in [1.29, 1.82) is 5.26 Å². The number of nitrogens with zero attached hydrogens (tertiary/aromatic N) is 1. The minimum Gasteiger partial charge on any atom is -0.381 e. The maximum absolute atomic E-state index is 8.75. The third-order valence-electron chi connectivity index (χ3n) is 2.70. The summed E-state index contributed by atoms with van der Waals surface area (Å²) in [5.74, 6) is 0.541. The summed E-state index contributed by atoms with van der Waals surface area (Å²) in [6.45, 7) is 3.00. The fourth-order valence-electron chi connectivity index (χ4n) is 1.79. The molecule has 0 saturated carbocycles. The maximum atomic E-state index is 8.75. The maximum Gasteiger partial charge on any atom is 0.0991 e. The van der Waals surface area contributed by atoms with E-state index in [-0.39, 0.29) is 0 Å². The van der Waals surface area contributed by atoms with E-state index >= 15 is 0 Å². The van der Waals surface area contributed by atoms with Crippen molar-refractivity contribution in [3.63, 3.8) is 0 Å². The van der Waals surface area contributed by atoms with Crippen molar-refractivity contribution >= 4 is 0 Å². The van der Waals surface area contributed by atoms with E-state index in [9.17, 15) is 0 Å². The van der Waals surface area contributed by atoms with Crippen molar-refractivity contribution in [3.8, 4) is 6.07 Å². The van der Waals surface area contributed by atoms with Gasteiger partial charge in [0.15, 0.2) is 0 Å². The molecule has 0 bridgehead atoms. The lowest BCUT2D eigenvalue weighted by atomic mass is 10.1. The van der Waals surface area contributed by atoms with Gasteiger partial charge in [0.2, 0.25) is 0 Å². The summed E-state index contributed by atoms with van der Waals surface area (Å²) in [7, 11) is 0. The molecule has 1 aromatic carbocycles. The van der Waals surface area contributed by atoms with Crippen LogP contribution in [0.3, 0.4) is 0 Å². The Balaban J connectivity index is 1.78. The second-order valence-corrected chi connectivity index (χ2v) is 4.06. The van der Waals surface area contributed by atoms with Crippen LogP contribution in [-0.4, -0.2) is 19.8 Å². The highest BCUT2D eigenvalue weighted by Crippen LogP contribution is 2.13. The van der Waals surface area contributed by atoms with Crippen LogP contribution in [0.1, 0.15) is 17.5 Å². The van der Waals surface area contributed by atoms with E-state index in [0.29, 0.717) is 18.1 Å². The number of rotatable bonds is 4. The van der Waals surface area contributed by atoms with Crippen LogP contribution < -0.4 is 0 Å². The van der Waals surface area contributed by atoms with Crippen LogP contribution in [-0.2, 0) is 16.1 Å². The van der Waals surface area contributed by atoms with E-state index in [0.717, 1.165) is 31.8 Å². The molecule has 0 aromatic heterocycles. The van der Waals surface area contributed by atoms with Gasteiger partial charge in [-0.1, -0.05) is 12.1 Å². The average molecular weight is 217 g/mol. The highest BCUT2D eigenvalue weighted by Gasteiger charge is 2.15. The number of nitriles is 1. The molecule has 1 aliphatic heterocycles. The van der Waals surface area contributed by atoms with Crippen LogP contribution in [0.25, 0.3) is 0 Å². The molecular formula is C13H15NO2. The van der Waals surface area contributed by atoms with E-state index in [1.54, 1.807) is 6.07 Å². The fraction of sp³-hybridized carbons (Fsp3) is 0.462. The summed E-state index contributed by atoms with van der Waals surface area (Å²) >= 11 is 0. The largest absolute Gasteiger partial charge is 0.381 e. The average Bonchev–Trinajstić information content (AvgIpc) is 2.82. The van der Waals surface area contributed by atoms with Crippen molar-refractivity contribution in [2.75, 3.05) is 19.8 Å². The van der Waals surface area contributed by atoms with Gasteiger partial charge in [0.25, 0.3) is 0 Å². The molecule has 1 heterocycles. The van der Waals surface area contributed by atoms with Gasteiger partial charge in [-0.25, -0.2) is 0 Å². The molecule has 2 rings (SSSR count). The van der Waals surface area contributed by atoms with Gasteiger partial charge >= 0.3 is 0 Å². The SMILES string of the molecule is N#Cc1cccc(COCC2CCOC2)c1. The van der Waals surface area contributed by atoms with E-state index in [1.165, 1.54) is 0 Å². The molecule has 84 valence electrons. The molecule has 1 unspecified atom stereocenters. The molecule has 3 heteroatoms. The molecule has 3 nitrogen and oxygen atoms in total. The first-order valence-electron chi connectivity index (χ1n) is 5.53. The third-order valence-corrected chi connectivity index (χ3v) is 2.70. The number of ether oxygens (including phenoxy) is 2. The Labute approximate surface area is 95.6 Å². The summed E-state index contributed by atoms with van der Waals surface area (Å²) in [5, 5.41) is 8.75. The highest BCUT2D eigenvalue weighted by atomic mass is 16.5. The minimum atomic E-state index is 0.541. The molecule has 1 atom stereocenters. The van der Waals surface area contributed by atoms with Crippen LogP contribution in [0.2, 0.25) is 0 Å². The van der Waals surface area contributed by atoms with Crippen LogP contribution in [0.4, 0.5) is 0 Å². The van der Waals surface area contributed by atoms with Gasteiger partial charge in [0.05, 0.1) is 31.5 Å². The van der Waals surface area contributed by atoms with Crippen LogP contribution in [0.5, 0.6) is 0 Å². The van der Waals surface area contributed by atoms with Gasteiger partial charge in [-0.2, -0.15) is 5.26 Å². The van der Waals surface area contributed by atoms with Crippen molar-refractivity contribution in [3.05, 3.63) is 35.4 Å². The summed E-state index contributed by atoms with van der Waals surface area (Å²) < 4.78 is 10.9. The number of hydrogen-bond acceptors (Lipinski definition) is 3. The smallest absolute Gasteiger partial charge is 0.0991 e.